The third kappa shape index (κ3) is 5.19. The third-order valence-corrected chi connectivity index (χ3v) is 4.22. The highest BCUT2D eigenvalue weighted by molar-refractivity contribution is 7.09. The van der Waals surface area contributed by atoms with Gasteiger partial charge in [0.05, 0.1) is 0 Å². The first-order valence-corrected chi connectivity index (χ1v) is 7.96. The van der Waals surface area contributed by atoms with Crippen LogP contribution in [-0.2, 0) is 12.8 Å². The second kappa shape index (κ2) is 7.78. The van der Waals surface area contributed by atoms with Gasteiger partial charge in [-0.25, -0.2) is 4.79 Å². The number of nitrogens with zero attached hydrogens (tertiary/aromatic N) is 2. The summed E-state index contributed by atoms with van der Waals surface area (Å²) in [6.45, 7) is 3.33. The van der Waals surface area contributed by atoms with Crippen LogP contribution >= 0.6 is 11.3 Å². The van der Waals surface area contributed by atoms with Crippen molar-refractivity contribution in [3.05, 3.63) is 52.0 Å². The Morgan fingerprint density at radius 2 is 2.19 bits per heavy atom. The van der Waals surface area contributed by atoms with E-state index in [-0.39, 0.29) is 6.03 Å². The maximum atomic E-state index is 11.9. The first-order chi connectivity index (χ1) is 10.1. The van der Waals surface area contributed by atoms with Crippen LogP contribution in [0.3, 0.4) is 0 Å². The van der Waals surface area contributed by atoms with E-state index in [0.717, 1.165) is 30.6 Å². The van der Waals surface area contributed by atoms with Gasteiger partial charge in [0.25, 0.3) is 0 Å². The molecule has 0 spiro atoms. The van der Waals surface area contributed by atoms with Gasteiger partial charge in [0.15, 0.2) is 0 Å². The molecule has 0 aliphatic carbocycles. The van der Waals surface area contributed by atoms with E-state index in [1.54, 1.807) is 16.2 Å². The second-order valence-corrected chi connectivity index (χ2v) is 6.07. The normalized spacial score (nSPS) is 10.4. The number of nitrogens with one attached hydrogen (secondary N) is 1. The number of aromatic nitrogens is 1. The van der Waals surface area contributed by atoms with Crippen molar-refractivity contribution in [3.63, 3.8) is 0 Å². The molecule has 4 nitrogen and oxygen atoms in total. The van der Waals surface area contributed by atoms with E-state index in [2.05, 4.69) is 27.8 Å². The number of urea groups is 1. The SMILES string of the molecule is Cc1ccc(CCNC(=O)N(C)CCc2cccs2)cn1. The number of amides is 2. The highest BCUT2D eigenvalue weighted by Gasteiger charge is 2.07. The summed E-state index contributed by atoms with van der Waals surface area (Å²) in [6, 6.07) is 8.15. The van der Waals surface area contributed by atoms with Gasteiger partial charge in [0.2, 0.25) is 0 Å². The number of pyridine rings is 1. The number of hydrogen-bond donors (Lipinski definition) is 1. The Kier molecular flexibility index (Phi) is 5.75. The van der Waals surface area contributed by atoms with Gasteiger partial charge in [-0.2, -0.15) is 0 Å². The predicted molar refractivity (Wildman–Crippen MR) is 86.7 cm³/mol. The summed E-state index contributed by atoms with van der Waals surface area (Å²) in [5.74, 6) is 0. The average Bonchev–Trinajstić information content (AvgIpc) is 3.00. The van der Waals surface area contributed by atoms with Crippen molar-refractivity contribution < 1.29 is 4.79 Å². The molecule has 112 valence electrons. The molecule has 2 amide bonds. The molecule has 5 heteroatoms. The smallest absolute Gasteiger partial charge is 0.317 e. The molecule has 0 radical (unpaired) electrons. The number of rotatable bonds is 6. The minimum atomic E-state index is -0.0216. The third-order valence-electron chi connectivity index (χ3n) is 3.28. The summed E-state index contributed by atoms with van der Waals surface area (Å²) in [5, 5.41) is 5.00. The quantitative estimate of drug-likeness (QED) is 0.892. The molecule has 0 aromatic carbocycles. The summed E-state index contributed by atoms with van der Waals surface area (Å²) in [5.41, 5.74) is 2.15. The average molecular weight is 303 g/mol. The van der Waals surface area contributed by atoms with Crippen molar-refractivity contribution in [3.8, 4) is 0 Å². The molecular weight excluding hydrogens is 282 g/mol. The molecule has 0 fully saturated rings. The maximum Gasteiger partial charge on any atom is 0.317 e. The largest absolute Gasteiger partial charge is 0.338 e. The van der Waals surface area contributed by atoms with Crippen molar-refractivity contribution in [2.75, 3.05) is 20.1 Å². The van der Waals surface area contributed by atoms with Gasteiger partial charge in [0.1, 0.15) is 0 Å². The van der Waals surface area contributed by atoms with Gasteiger partial charge in [-0.05, 0) is 42.8 Å². The van der Waals surface area contributed by atoms with Crippen molar-refractivity contribution in [2.45, 2.75) is 19.8 Å². The van der Waals surface area contributed by atoms with Crippen LogP contribution in [-0.4, -0.2) is 36.1 Å². The monoisotopic (exact) mass is 303 g/mol. The molecule has 21 heavy (non-hydrogen) atoms. The van der Waals surface area contributed by atoms with Crippen LogP contribution in [0.25, 0.3) is 0 Å². The zero-order chi connectivity index (χ0) is 15.1. The van der Waals surface area contributed by atoms with Gasteiger partial charge in [-0.3, -0.25) is 4.98 Å². The maximum absolute atomic E-state index is 11.9. The number of carbonyl (C=O) groups excluding carboxylic acids is 1. The van der Waals surface area contributed by atoms with Crippen LogP contribution in [0.1, 0.15) is 16.1 Å². The Morgan fingerprint density at radius 1 is 1.33 bits per heavy atom. The van der Waals surface area contributed by atoms with Crippen molar-refractivity contribution in [2.24, 2.45) is 0 Å². The molecule has 2 rings (SSSR count). The van der Waals surface area contributed by atoms with E-state index in [4.69, 9.17) is 0 Å². The molecule has 2 heterocycles. The van der Waals surface area contributed by atoms with Crippen LogP contribution in [0, 0.1) is 6.92 Å². The molecule has 0 saturated heterocycles. The van der Waals surface area contributed by atoms with Crippen molar-refractivity contribution in [1.82, 2.24) is 15.2 Å². The van der Waals surface area contributed by atoms with Crippen molar-refractivity contribution in [1.29, 1.82) is 0 Å². The van der Waals surface area contributed by atoms with Crippen molar-refractivity contribution >= 4 is 17.4 Å². The first-order valence-electron chi connectivity index (χ1n) is 7.08. The summed E-state index contributed by atoms with van der Waals surface area (Å²) >= 11 is 1.73. The summed E-state index contributed by atoms with van der Waals surface area (Å²) in [6.07, 6.45) is 3.57. The van der Waals surface area contributed by atoms with E-state index < -0.39 is 0 Å². The van der Waals surface area contributed by atoms with E-state index in [1.807, 2.05) is 32.3 Å². The van der Waals surface area contributed by atoms with Gasteiger partial charge >= 0.3 is 6.03 Å². The van der Waals surface area contributed by atoms with Crippen LogP contribution in [0.2, 0.25) is 0 Å². The fourth-order valence-electron chi connectivity index (χ4n) is 1.93. The fraction of sp³-hybridized carbons (Fsp3) is 0.375. The Bertz CT molecular complexity index is 551. The fourth-order valence-corrected chi connectivity index (χ4v) is 2.63. The lowest BCUT2D eigenvalue weighted by molar-refractivity contribution is 0.209. The Morgan fingerprint density at radius 3 is 2.86 bits per heavy atom. The zero-order valence-corrected chi connectivity index (χ0v) is 13.3. The minimum absolute atomic E-state index is 0.0216. The summed E-state index contributed by atoms with van der Waals surface area (Å²) < 4.78 is 0. The van der Waals surface area contributed by atoms with Gasteiger partial charge in [-0.1, -0.05) is 12.1 Å². The molecular formula is C16H21N3OS. The zero-order valence-electron chi connectivity index (χ0n) is 12.5. The molecule has 0 aliphatic heterocycles. The molecule has 0 aliphatic rings. The molecule has 0 unspecified atom stereocenters. The lowest BCUT2D eigenvalue weighted by Gasteiger charge is -2.17. The molecule has 2 aromatic heterocycles. The Labute approximate surface area is 129 Å². The van der Waals surface area contributed by atoms with Gasteiger partial charge in [-0.15, -0.1) is 11.3 Å². The van der Waals surface area contributed by atoms with E-state index in [0.29, 0.717) is 6.54 Å². The topological polar surface area (TPSA) is 45.2 Å². The highest BCUT2D eigenvalue weighted by atomic mass is 32.1. The van der Waals surface area contributed by atoms with Crippen LogP contribution in [0.5, 0.6) is 0 Å². The molecule has 1 N–H and O–H groups in total. The number of aryl methyl sites for hydroxylation is 1. The van der Waals surface area contributed by atoms with E-state index >= 15 is 0 Å². The second-order valence-electron chi connectivity index (χ2n) is 5.04. The standard InChI is InChI=1S/C16H21N3OS/c1-13-5-6-14(12-18-13)7-9-17-16(20)19(2)10-8-15-4-3-11-21-15/h3-6,11-12H,7-10H2,1-2H3,(H,17,20). The molecule has 0 atom stereocenters. The molecule has 2 aromatic rings. The van der Waals surface area contributed by atoms with Crippen LogP contribution in [0.4, 0.5) is 4.79 Å². The van der Waals surface area contributed by atoms with Crippen LogP contribution < -0.4 is 5.32 Å². The number of likely N-dealkylation sites (N-methyl/N-ethyl adjacent to an activating group) is 1. The molecule has 0 saturated carbocycles. The first kappa shape index (κ1) is 15.5. The lowest BCUT2D eigenvalue weighted by Crippen LogP contribution is -2.39. The molecule has 0 bridgehead atoms. The van der Waals surface area contributed by atoms with E-state index in [9.17, 15) is 4.79 Å². The van der Waals surface area contributed by atoms with Gasteiger partial charge in [0, 0.05) is 36.9 Å². The summed E-state index contributed by atoms with van der Waals surface area (Å²) in [4.78, 5) is 19.2. The highest BCUT2D eigenvalue weighted by Crippen LogP contribution is 2.09. The van der Waals surface area contributed by atoms with Crippen LogP contribution in [0.15, 0.2) is 35.8 Å². The summed E-state index contributed by atoms with van der Waals surface area (Å²) in [7, 11) is 1.83. The number of hydrogen-bond acceptors (Lipinski definition) is 3. The predicted octanol–water partition coefficient (Wildman–Crippen LogP) is 2.88. The minimum Gasteiger partial charge on any atom is -0.338 e. The Hall–Kier alpha value is -1.88. The number of thiophene rings is 1. The lowest BCUT2D eigenvalue weighted by atomic mass is 10.2. The number of carbonyl (C=O) groups is 1. The van der Waals surface area contributed by atoms with Gasteiger partial charge < -0.3 is 10.2 Å². The van der Waals surface area contributed by atoms with E-state index in [1.165, 1.54) is 4.88 Å². The Balaban J connectivity index is 1.67.